The molecule has 1 aromatic heterocycles. The van der Waals surface area contributed by atoms with Crippen LogP contribution in [-0.4, -0.2) is 90.7 Å². The van der Waals surface area contributed by atoms with Gasteiger partial charge >= 0.3 is 6.09 Å². The van der Waals surface area contributed by atoms with Crippen LogP contribution >= 0.6 is 11.6 Å². The van der Waals surface area contributed by atoms with E-state index < -0.39 is 28.1 Å². The number of carboxylic acid groups (broad SMARTS) is 1. The maximum Gasteiger partial charge on any atom is 0.407 e. The number of amides is 2. The number of ether oxygens (including phenoxy) is 2. The minimum atomic E-state index is -4.23. The number of hydrogen-bond donors (Lipinski definition) is 4. The first-order valence-electron chi connectivity index (χ1n) is 13.8. The van der Waals surface area contributed by atoms with E-state index in [0.717, 1.165) is 0 Å². The lowest BCUT2D eigenvalue weighted by Gasteiger charge is -2.38. The lowest BCUT2D eigenvalue weighted by atomic mass is 9.95. The first kappa shape index (κ1) is 30.0. The molecule has 2 aliphatic rings. The number of hydrogen-bond acceptors (Lipinski definition) is 7. The van der Waals surface area contributed by atoms with Crippen molar-refractivity contribution in [2.75, 3.05) is 38.2 Å². The number of sulfonamides is 1. The van der Waals surface area contributed by atoms with Crippen molar-refractivity contribution >= 4 is 50.2 Å². The molecule has 2 aromatic carbocycles. The molecule has 0 spiro atoms. The number of carbonyl (C=O) groups is 2. The molecule has 5 N–H and O–H groups in total. The van der Waals surface area contributed by atoms with Crippen LogP contribution in [0.3, 0.4) is 0 Å². The average Bonchev–Trinajstić information content (AvgIpc) is 3.37. The number of piperidine rings is 1. The fourth-order valence-electron chi connectivity index (χ4n) is 5.68. The summed E-state index contributed by atoms with van der Waals surface area (Å²) >= 11 is 6.48. The molecular formula is C28H34ClN5O7S. The Morgan fingerprint density at radius 2 is 2.00 bits per heavy atom. The Morgan fingerprint density at radius 3 is 2.69 bits per heavy atom. The Morgan fingerprint density at radius 1 is 1.24 bits per heavy atom. The predicted molar refractivity (Wildman–Crippen MR) is 158 cm³/mol. The topological polar surface area (TPSA) is 167 Å². The molecule has 2 amide bonds. The smallest absolute Gasteiger partial charge is 0.407 e. The van der Waals surface area contributed by atoms with Gasteiger partial charge in [0.25, 0.3) is 5.91 Å². The summed E-state index contributed by atoms with van der Waals surface area (Å²) in [5, 5.41) is 13.4. The summed E-state index contributed by atoms with van der Waals surface area (Å²) in [6.07, 6.45) is 0.285. The number of H-pyrrole nitrogens is 1. The van der Waals surface area contributed by atoms with Crippen molar-refractivity contribution in [2.45, 2.75) is 49.3 Å². The Labute approximate surface area is 248 Å². The number of fused-ring (bicyclic) bond motifs is 1. The number of nitrogens with two attached hydrogens (primary N) is 1. The highest BCUT2D eigenvalue weighted by molar-refractivity contribution is 7.89. The fraction of sp³-hybridized carbons (Fsp3) is 0.429. The number of primary amides is 1. The summed E-state index contributed by atoms with van der Waals surface area (Å²) in [7, 11) is -4.23. The Kier molecular flexibility index (Phi) is 8.83. The van der Waals surface area contributed by atoms with Crippen LogP contribution in [0.25, 0.3) is 10.9 Å². The minimum absolute atomic E-state index is 0.0201. The first-order chi connectivity index (χ1) is 20.1. The van der Waals surface area contributed by atoms with E-state index in [1.165, 1.54) is 15.3 Å². The zero-order valence-electron chi connectivity index (χ0n) is 23.1. The molecule has 226 valence electrons. The van der Waals surface area contributed by atoms with Crippen molar-refractivity contribution in [2.24, 2.45) is 5.73 Å². The minimum Gasteiger partial charge on any atom is -0.491 e. The largest absolute Gasteiger partial charge is 0.491 e. The second kappa shape index (κ2) is 12.4. The van der Waals surface area contributed by atoms with Gasteiger partial charge in [-0.15, -0.1) is 0 Å². The number of benzene rings is 2. The van der Waals surface area contributed by atoms with E-state index in [1.54, 1.807) is 18.2 Å². The summed E-state index contributed by atoms with van der Waals surface area (Å²) in [6.45, 7) is 2.70. The van der Waals surface area contributed by atoms with Gasteiger partial charge in [0.1, 0.15) is 29.0 Å². The van der Waals surface area contributed by atoms with Crippen molar-refractivity contribution < 1.29 is 32.6 Å². The zero-order valence-corrected chi connectivity index (χ0v) is 24.7. The number of likely N-dealkylation sites (tertiary alicyclic amines) is 1. The number of aromatic amines is 1. The molecule has 2 aliphatic heterocycles. The predicted octanol–water partition coefficient (Wildman–Crippen LogP) is 3.72. The van der Waals surface area contributed by atoms with Crippen LogP contribution in [-0.2, 0) is 14.8 Å². The summed E-state index contributed by atoms with van der Waals surface area (Å²) in [6, 6.07) is 12.0. The van der Waals surface area contributed by atoms with Gasteiger partial charge in [-0.2, -0.15) is 4.31 Å². The molecule has 12 nitrogen and oxygen atoms in total. The number of aromatic nitrogens is 1. The number of nitrogens with one attached hydrogen (secondary N) is 2. The van der Waals surface area contributed by atoms with Gasteiger partial charge in [0, 0.05) is 42.1 Å². The standard InChI is InChI=1S/C28H34ClN5O7S/c1-2-19-14-18(8-9-34(19)28(36)37)31-23-13-17(29)12-22-24(23)32-25(27(30)35)26(22)42(38,39)33-10-11-40-21(15-33)16-41-20-6-4-3-5-7-20/h3-7,12-13,18-19,21,31-32H,2,8-11,14-16H2,1H3,(H2,30,35)(H,36,37)/t18?,19?,21-/m0/s1. The van der Waals surface area contributed by atoms with Gasteiger partial charge in [-0.05, 0) is 43.5 Å². The Balaban J connectivity index is 1.44. The maximum atomic E-state index is 14.1. The highest BCUT2D eigenvalue weighted by atomic mass is 35.5. The van der Waals surface area contributed by atoms with Crippen molar-refractivity contribution in [3.8, 4) is 5.75 Å². The van der Waals surface area contributed by atoms with E-state index in [4.69, 9.17) is 26.8 Å². The van der Waals surface area contributed by atoms with E-state index in [0.29, 0.717) is 42.8 Å². The van der Waals surface area contributed by atoms with E-state index >= 15 is 0 Å². The van der Waals surface area contributed by atoms with E-state index in [2.05, 4.69) is 10.3 Å². The number of morpholine rings is 1. The Hall–Kier alpha value is -3.52. The number of para-hydroxylation sites is 1. The third-order valence-electron chi connectivity index (χ3n) is 7.74. The summed E-state index contributed by atoms with van der Waals surface area (Å²) in [5.74, 6) is -0.285. The highest BCUT2D eigenvalue weighted by Gasteiger charge is 2.37. The monoisotopic (exact) mass is 619 g/mol. The molecule has 5 rings (SSSR count). The quantitative estimate of drug-likeness (QED) is 0.281. The van der Waals surface area contributed by atoms with Gasteiger partial charge in [-0.25, -0.2) is 13.2 Å². The molecule has 2 saturated heterocycles. The lowest BCUT2D eigenvalue weighted by Crippen LogP contribution is -2.48. The highest BCUT2D eigenvalue weighted by Crippen LogP contribution is 2.37. The third-order valence-corrected chi connectivity index (χ3v) is 9.91. The molecule has 0 bridgehead atoms. The molecule has 42 heavy (non-hydrogen) atoms. The summed E-state index contributed by atoms with van der Waals surface area (Å²) in [5.41, 5.74) is 6.31. The van der Waals surface area contributed by atoms with Gasteiger partial charge in [0.2, 0.25) is 10.0 Å². The lowest BCUT2D eigenvalue weighted by molar-refractivity contribution is -0.0249. The second-order valence-electron chi connectivity index (χ2n) is 10.5. The van der Waals surface area contributed by atoms with Crippen LogP contribution in [0.1, 0.15) is 36.7 Å². The van der Waals surface area contributed by atoms with Crippen molar-refractivity contribution in [1.82, 2.24) is 14.2 Å². The van der Waals surface area contributed by atoms with Gasteiger partial charge in [0.05, 0.1) is 17.8 Å². The number of halogens is 1. The summed E-state index contributed by atoms with van der Waals surface area (Å²) < 4.78 is 41.0. The summed E-state index contributed by atoms with van der Waals surface area (Å²) in [4.78, 5) is 28.3. The molecule has 3 atom stereocenters. The van der Waals surface area contributed by atoms with Gasteiger partial charge in [0.15, 0.2) is 0 Å². The van der Waals surface area contributed by atoms with Crippen molar-refractivity contribution in [1.29, 1.82) is 0 Å². The van der Waals surface area contributed by atoms with Crippen LogP contribution < -0.4 is 15.8 Å². The van der Waals surface area contributed by atoms with E-state index in [1.807, 2.05) is 25.1 Å². The third kappa shape index (κ3) is 6.14. The maximum absolute atomic E-state index is 14.1. The second-order valence-corrected chi connectivity index (χ2v) is 12.8. The first-order valence-corrected chi connectivity index (χ1v) is 15.6. The SMILES string of the molecule is CCC1CC(Nc2cc(Cl)cc3c(S(=O)(=O)N4CCO[C@H](COc5ccccc5)C4)c(C(N)=O)[nH]c23)CCN1C(=O)O. The molecule has 0 radical (unpaired) electrons. The number of carbonyl (C=O) groups excluding carboxylic acids is 1. The number of anilines is 1. The van der Waals surface area contributed by atoms with Crippen LogP contribution in [0.2, 0.25) is 5.02 Å². The van der Waals surface area contributed by atoms with Gasteiger partial charge in [-0.1, -0.05) is 36.7 Å². The fourth-order valence-corrected chi connectivity index (χ4v) is 7.68. The number of nitrogens with zero attached hydrogens (tertiary/aromatic N) is 2. The molecule has 2 fully saturated rings. The van der Waals surface area contributed by atoms with Crippen LogP contribution in [0.4, 0.5) is 10.5 Å². The normalized spacial score (nSPS) is 21.8. The molecule has 2 unspecified atom stereocenters. The van der Waals surface area contributed by atoms with E-state index in [-0.39, 0.29) is 59.4 Å². The van der Waals surface area contributed by atoms with Gasteiger partial charge in [-0.3, -0.25) is 4.79 Å². The molecule has 3 aromatic rings. The zero-order chi connectivity index (χ0) is 30.0. The van der Waals surface area contributed by atoms with Crippen molar-refractivity contribution in [3.63, 3.8) is 0 Å². The van der Waals surface area contributed by atoms with Crippen molar-refractivity contribution in [3.05, 3.63) is 53.2 Å². The van der Waals surface area contributed by atoms with Crippen LogP contribution in [0.5, 0.6) is 5.75 Å². The molecular weight excluding hydrogens is 586 g/mol. The van der Waals surface area contributed by atoms with E-state index in [9.17, 15) is 23.1 Å². The number of rotatable bonds is 9. The molecule has 3 heterocycles. The Bertz CT molecular complexity index is 1570. The molecule has 14 heteroatoms. The average molecular weight is 620 g/mol. The van der Waals surface area contributed by atoms with Gasteiger partial charge < -0.3 is 35.5 Å². The van der Waals surface area contributed by atoms with Crippen LogP contribution in [0, 0.1) is 0 Å². The molecule has 0 aliphatic carbocycles. The van der Waals surface area contributed by atoms with Crippen LogP contribution in [0.15, 0.2) is 47.4 Å². The molecule has 0 saturated carbocycles.